The molecule has 2 aromatic rings. The fourth-order valence-electron chi connectivity index (χ4n) is 2.39. The summed E-state index contributed by atoms with van der Waals surface area (Å²) < 4.78 is 0.485. The molecule has 1 heterocycles. The van der Waals surface area contributed by atoms with Gasteiger partial charge in [-0.2, -0.15) is 5.26 Å². The number of nitrogens with zero attached hydrogens (tertiary/aromatic N) is 3. The Kier molecular flexibility index (Phi) is 5.09. The summed E-state index contributed by atoms with van der Waals surface area (Å²) >= 11 is 3.35. The van der Waals surface area contributed by atoms with E-state index in [0.717, 1.165) is 29.0 Å². The highest BCUT2D eigenvalue weighted by atomic mass is 79.9. The van der Waals surface area contributed by atoms with E-state index in [4.69, 9.17) is 0 Å². The summed E-state index contributed by atoms with van der Waals surface area (Å²) in [5.41, 5.74) is 2.97. The molecular weight excluding hydrogens is 390 g/mol. The van der Waals surface area contributed by atoms with Crippen molar-refractivity contribution in [3.63, 3.8) is 0 Å². The molecule has 0 bridgehead atoms. The van der Waals surface area contributed by atoms with E-state index in [2.05, 4.69) is 27.0 Å². The van der Waals surface area contributed by atoms with E-state index < -0.39 is 22.1 Å². The molecule has 8 heteroatoms. The average Bonchev–Trinajstić information content (AvgIpc) is 2.54. The number of rotatable bonds is 3. The maximum Gasteiger partial charge on any atom is 0.315 e. The molecule has 0 radical (unpaired) electrons. The van der Waals surface area contributed by atoms with Crippen LogP contribution in [0.5, 0.6) is 11.5 Å². The number of nitriles is 1. The zero-order chi connectivity index (χ0) is 18.9. The fourth-order valence-corrected chi connectivity index (χ4v) is 3.17. The highest BCUT2D eigenvalue weighted by Crippen LogP contribution is 2.38. The number of nitro benzene ring substituents is 1. The molecule has 0 saturated heterocycles. The van der Waals surface area contributed by atoms with Crippen LogP contribution in [0.2, 0.25) is 0 Å². The van der Waals surface area contributed by atoms with Crippen LogP contribution in [0.1, 0.15) is 27.9 Å². The van der Waals surface area contributed by atoms with Gasteiger partial charge in [0.1, 0.15) is 4.60 Å². The second-order valence-electron chi connectivity index (χ2n) is 5.45. The normalized spacial score (nSPS) is 11.2. The summed E-state index contributed by atoms with van der Waals surface area (Å²) in [5, 5.41) is 39.8. The Morgan fingerprint density at radius 1 is 1.32 bits per heavy atom. The van der Waals surface area contributed by atoms with Gasteiger partial charge in [-0.05, 0) is 65.5 Å². The lowest BCUT2D eigenvalue weighted by molar-refractivity contribution is -0.386. The Hall–Kier alpha value is -2.92. The van der Waals surface area contributed by atoms with Gasteiger partial charge < -0.3 is 10.2 Å². The highest BCUT2D eigenvalue weighted by molar-refractivity contribution is 9.10. The van der Waals surface area contributed by atoms with Crippen molar-refractivity contribution in [2.45, 2.75) is 20.8 Å². The highest BCUT2D eigenvalue weighted by Gasteiger charge is 2.20. The van der Waals surface area contributed by atoms with Gasteiger partial charge in [0.2, 0.25) is 5.75 Å². The third kappa shape index (κ3) is 3.46. The van der Waals surface area contributed by atoms with Crippen LogP contribution in [0, 0.1) is 42.2 Å². The summed E-state index contributed by atoms with van der Waals surface area (Å²) in [7, 11) is 0. The predicted molar refractivity (Wildman–Crippen MR) is 96.1 cm³/mol. The molecular formula is C17H14BrN3O4. The lowest BCUT2D eigenvalue weighted by Crippen LogP contribution is -1.99. The quantitative estimate of drug-likeness (QED) is 0.261. The second-order valence-corrected chi connectivity index (χ2v) is 6.20. The number of hydrogen-bond donors (Lipinski definition) is 2. The smallest absolute Gasteiger partial charge is 0.315 e. The van der Waals surface area contributed by atoms with Crippen molar-refractivity contribution in [2.24, 2.45) is 0 Å². The molecule has 0 aliphatic heterocycles. The Morgan fingerprint density at radius 3 is 2.52 bits per heavy atom. The third-order valence-electron chi connectivity index (χ3n) is 3.94. The largest absolute Gasteiger partial charge is 0.504 e. The second kappa shape index (κ2) is 6.91. The zero-order valence-corrected chi connectivity index (χ0v) is 15.2. The number of allylic oxidation sites excluding steroid dienone is 1. The molecule has 0 atom stereocenters. The topological polar surface area (TPSA) is 120 Å². The lowest BCUT2D eigenvalue weighted by atomic mass is 9.97. The molecule has 1 aromatic heterocycles. The number of aromatic nitrogens is 1. The Balaban J connectivity index is 2.71. The van der Waals surface area contributed by atoms with Crippen molar-refractivity contribution in [3.05, 3.63) is 54.8 Å². The molecule has 25 heavy (non-hydrogen) atoms. The van der Waals surface area contributed by atoms with Crippen molar-refractivity contribution in [3.8, 4) is 17.6 Å². The minimum absolute atomic E-state index is 0.211. The van der Waals surface area contributed by atoms with Crippen molar-refractivity contribution in [2.75, 3.05) is 0 Å². The molecule has 0 unspecified atom stereocenters. The van der Waals surface area contributed by atoms with Gasteiger partial charge in [-0.15, -0.1) is 0 Å². The van der Waals surface area contributed by atoms with E-state index in [1.165, 1.54) is 6.08 Å². The maximum atomic E-state index is 11.0. The minimum Gasteiger partial charge on any atom is -0.504 e. The van der Waals surface area contributed by atoms with E-state index >= 15 is 0 Å². The SMILES string of the molecule is Cc1nc(Br)c(/C(C#N)=C/c2cc(O)c(O)c([N+](=O)[O-])c2)c(C)c1C. The van der Waals surface area contributed by atoms with Crippen LogP contribution in [0.25, 0.3) is 11.6 Å². The Morgan fingerprint density at radius 2 is 1.96 bits per heavy atom. The van der Waals surface area contributed by atoms with Gasteiger partial charge in [-0.1, -0.05) is 0 Å². The number of phenolic OH excluding ortho intramolecular Hbond substituents is 2. The van der Waals surface area contributed by atoms with E-state index in [1.807, 2.05) is 20.8 Å². The lowest BCUT2D eigenvalue weighted by Gasteiger charge is -2.12. The zero-order valence-electron chi connectivity index (χ0n) is 13.7. The number of halogens is 1. The first kappa shape index (κ1) is 18.4. The number of hydrogen-bond acceptors (Lipinski definition) is 6. The Bertz CT molecular complexity index is 962. The van der Waals surface area contributed by atoms with Crippen LogP contribution < -0.4 is 0 Å². The molecule has 0 aliphatic rings. The summed E-state index contributed by atoms with van der Waals surface area (Å²) in [6, 6.07) is 4.29. The first-order valence-electron chi connectivity index (χ1n) is 7.13. The van der Waals surface area contributed by atoms with Crippen LogP contribution in [-0.2, 0) is 0 Å². The molecule has 7 nitrogen and oxygen atoms in total. The van der Waals surface area contributed by atoms with Gasteiger partial charge in [-0.3, -0.25) is 10.1 Å². The standard InChI is InChI=1S/C17H14BrN3O4/c1-8-9(2)15(17(18)20-10(8)3)12(7-19)4-11-5-13(21(24)25)16(23)14(22)6-11/h4-6,22-23H,1-3H3/b12-4+. The first-order valence-corrected chi connectivity index (χ1v) is 7.92. The van der Waals surface area contributed by atoms with Crippen LogP contribution >= 0.6 is 15.9 Å². The number of phenols is 2. The van der Waals surface area contributed by atoms with Crippen molar-refractivity contribution < 1.29 is 15.1 Å². The van der Waals surface area contributed by atoms with Gasteiger partial charge in [0.05, 0.1) is 16.6 Å². The first-order chi connectivity index (χ1) is 11.7. The van der Waals surface area contributed by atoms with Crippen LogP contribution in [0.4, 0.5) is 5.69 Å². The minimum atomic E-state index is -0.814. The van der Waals surface area contributed by atoms with Gasteiger partial charge >= 0.3 is 5.69 Å². The number of aromatic hydroxyl groups is 2. The van der Waals surface area contributed by atoms with E-state index in [0.29, 0.717) is 10.2 Å². The molecule has 0 amide bonds. The number of benzene rings is 1. The monoisotopic (exact) mass is 403 g/mol. The average molecular weight is 404 g/mol. The van der Waals surface area contributed by atoms with Gasteiger partial charge in [-0.25, -0.2) is 4.98 Å². The summed E-state index contributed by atoms with van der Waals surface area (Å²) in [4.78, 5) is 14.5. The van der Waals surface area contributed by atoms with E-state index in [-0.39, 0.29) is 11.1 Å². The number of nitro groups is 1. The van der Waals surface area contributed by atoms with E-state index in [1.54, 1.807) is 0 Å². The molecule has 0 fully saturated rings. The van der Waals surface area contributed by atoms with Crippen LogP contribution in [0.15, 0.2) is 16.7 Å². The fraction of sp³-hybridized carbons (Fsp3) is 0.176. The third-order valence-corrected chi connectivity index (χ3v) is 4.52. The van der Waals surface area contributed by atoms with Crippen molar-refractivity contribution >= 4 is 33.3 Å². The molecule has 0 aliphatic carbocycles. The number of aryl methyl sites for hydroxylation is 1. The molecule has 128 valence electrons. The van der Waals surface area contributed by atoms with Gasteiger partial charge in [0.25, 0.3) is 0 Å². The molecule has 0 spiro atoms. The van der Waals surface area contributed by atoms with E-state index in [9.17, 15) is 25.6 Å². The Labute approximate surface area is 152 Å². The molecule has 1 aromatic carbocycles. The van der Waals surface area contributed by atoms with Crippen molar-refractivity contribution in [1.82, 2.24) is 4.98 Å². The molecule has 0 saturated carbocycles. The number of pyridine rings is 1. The van der Waals surface area contributed by atoms with Crippen LogP contribution in [0.3, 0.4) is 0 Å². The maximum absolute atomic E-state index is 11.0. The molecule has 2 N–H and O–H groups in total. The summed E-state index contributed by atoms with van der Waals surface area (Å²) in [6.07, 6.45) is 1.40. The summed E-state index contributed by atoms with van der Waals surface area (Å²) in [5.74, 6) is -1.45. The predicted octanol–water partition coefficient (Wildman–Crippen LogP) is 4.15. The van der Waals surface area contributed by atoms with Crippen LogP contribution in [-0.4, -0.2) is 20.1 Å². The summed E-state index contributed by atoms with van der Waals surface area (Å²) in [6.45, 7) is 5.60. The van der Waals surface area contributed by atoms with Gasteiger partial charge in [0.15, 0.2) is 5.75 Å². The molecule has 2 rings (SSSR count). The van der Waals surface area contributed by atoms with Gasteiger partial charge in [0, 0.05) is 17.3 Å². The van der Waals surface area contributed by atoms with Crippen molar-refractivity contribution in [1.29, 1.82) is 5.26 Å².